The van der Waals surface area contributed by atoms with Gasteiger partial charge in [0.05, 0.1) is 18.1 Å². The number of hydrogen-bond acceptors (Lipinski definition) is 3. The summed E-state index contributed by atoms with van der Waals surface area (Å²) >= 11 is 0. The summed E-state index contributed by atoms with van der Waals surface area (Å²) in [5.41, 5.74) is 3.42. The number of allylic oxidation sites excluding steroid dienone is 4. The molecule has 0 aromatic rings. The molecule has 4 aliphatic rings. The number of fused-ring (bicyclic) bond motifs is 4. The quantitative estimate of drug-likeness (QED) is 0.800. The van der Waals surface area contributed by atoms with E-state index < -0.39 is 5.60 Å². The summed E-state index contributed by atoms with van der Waals surface area (Å²) < 4.78 is 0. The molecule has 2 fully saturated rings. The summed E-state index contributed by atoms with van der Waals surface area (Å²) in [5.74, 6) is 1.34. The Morgan fingerprint density at radius 3 is 2.87 bits per heavy atom. The van der Waals surface area contributed by atoms with Gasteiger partial charge in [-0.3, -0.25) is 4.79 Å². The Kier molecular flexibility index (Phi) is 3.32. The van der Waals surface area contributed by atoms with Gasteiger partial charge < -0.3 is 5.11 Å². The van der Waals surface area contributed by atoms with Gasteiger partial charge in [0.15, 0.2) is 5.78 Å². The van der Waals surface area contributed by atoms with Gasteiger partial charge >= 0.3 is 0 Å². The van der Waals surface area contributed by atoms with E-state index >= 15 is 0 Å². The van der Waals surface area contributed by atoms with Crippen molar-refractivity contribution in [1.29, 1.82) is 5.26 Å². The van der Waals surface area contributed by atoms with Crippen LogP contribution in [0.1, 0.15) is 64.7 Å². The summed E-state index contributed by atoms with van der Waals surface area (Å²) in [6.07, 6.45) is 9.67. The lowest BCUT2D eigenvalue weighted by Crippen LogP contribution is -2.49. The van der Waals surface area contributed by atoms with Crippen molar-refractivity contribution in [3.8, 4) is 6.07 Å². The van der Waals surface area contributed by atoms with Crippen molar-refractivity contribution in [3.63, 3.8) is 0 Å². The van der Waals surface area contributed by atoms with Gasteiger partial charge in [-0.05, 0) is 74.0 Å². The Morgan fingerprint density at radius 1 is 1.26 bits per heavy atom. The predicted molar refractivity (Wildman–Crippen MR) is 87.3 cm³/mol. The predicted octanol–water partition coefficient (Wildman–Crippen LogP) is 3.84. The minimum Gasteiger partial charge on any atom is -0.388 e. The molecule has 4 aliphatic carbocycles. The Bertz CT molecular complexity index is 668. The minimum absolute atomic E-state index is 0.122. The van der Waals surface area contributed by atoms with Crippen LogP contribution in [0.15, 0.2) is 22.8 Å². The summed E-state index contributed by atoms with van der Waals surface area (Å²) in [5, 5.41) is 20.3. The van der Waals surface area contributed by atoms with Gasteiger partial charge in [0.2, 0.25) is 0 Å². The highest BCUT2D eigenvalue weighted by Gasteiger charge is 2.60. The van der Waals surface area contributed by atoms with Gasteiger partial charge in [-0.2, -0.15) is 5.26 Å². The second-order valence-electron chi connectivity index (χ2n) is 8.21. The van der Waals surface area contributed by atoms with Crippen LogP contribution in [0.5, 0.6) is 0 Å². The van der Waals surface area contributed by atoms with Gasteiger partial charge in [0, 0.05) is 11.8 Å². The monoisotopic (exact) mass is 311 g/mol. The molecule has 0 amide bonds. The van der Waals surface area contributed by atoms with E-state index in [1.165, 1.54) is 11.1 Å². The van der Waals surface area contributed by atoms with Crippen molar-refractivity contribution >= 4 is 5.78 Å². The minimum atomic E-state index is -0.804. The normalized spacial score (nSPS) is 42.5. The summed E-state index contributed by atoms with van der Waals surface area (Å²) in [6, 6.07) is 2.22. The zero-order valence-electron chi connectivity index (χ0n) is 13.9. The van der Waals surface area contributed by atoms with E-state index in [0.29, 0.717) is 18.3 Å². The lowest BCUT2D eigenvalue weighted by atomic mass is 9.54. The number of carbonyl (C=O) groups is 1. The summed E-state index contributed by atoms with van der Waals surface area (Å²) in [4.78, 5) is 11.7. The van der Waals surface area contributed by atoms with E-state index in [9.17, 15) is 9.90 Å². The van der Waals surface area contributed by atoms with Gasteiger partial charge in [0.1, 0.15) is 0 Å². The fourth-order valence-electron chi connectivity index (χ4n) is 6.06. The second-order valence-corrected chi connectivity index (χ2v) is 8.21. The smallest absolute Gasteiger partial charge is 0.156 e. The first-order valence-corrected chi connectivity index (χ1v) is 9.03. The van der Waals surface area contributed by atoms with E-state index in [2.05, 4.69) is 13.0 Å². The molecule has 0 heterocycles. The first kappa shape index (κ1) is 15.1. The molecule has 3 heteroatoms. The van der Waals surface area contributed by atoms with E-state index in [-0.39, 0.29) is 17.6 Å². The third-order valence-electron chi connectivity index (χ3n) is 7.43. The van der Waals surface area contributed by atoms with Crippen molar-refractivity contribution in [3.05, 3.63) is 22.8 Å². The van der Waals surface area contributed by atoms with Crippen LogP contribution < -0.4 is 0 Å². The molecule has 4 rings (SSSR count). The zero-order chi connectivity index (χ0) is 16.2. The second kappa shape index (κ2) is 5.05. The standard InChI is InChI=1S/C20H25NO2/c1-19-8-6-16-15-5-3-14(22)12-13(15)2-4-17(16)18(19)7-9-20(19,23)10-11-21/h12,17-18,23H,2-10H2,1H3/t17-,18+,19-,20+/m0/s1. The molecule has 4 atom stereocenters. The van der Waals surface area contributed by atoms with Gasteiger partial charge in [-0.25, -0.2) is 0 Å². The van der Waals surface area contributed by atoms with Crippen LogP contribution in [-0.4, -0.2) is 16.5 Å². The van der Waals surface area contributed by atoms with Gasteiger partial charge in [-0.1, -0.05) is 12.5 Å². The number of aliphatic hydroxyl groups is 1. The van der Waals surface area contributed by atoms with E-state index in [0.717, 1.165) is 44.9 Å². The number of hydrogen-bond donors (Lipinski definition) is 1. The number of rotatable bonds is 1. The number of nitriles is 1. The molecule has 0 bridgehead atoms. The Morgan fingerprint density at radius 2 is 2.09 bits per heavy atom. The maximum Gasteiger partial charge on any atom is 0.156 e. The number of nitrogens with zero attached hydrogens (tertiary/aromatic N) is 1. The molecule has 3 nitrogen and oxygen atoms in total. The third kappa shape index (κ3) is 2.01. The van der Waals surface area contributed by atoms with Crippen LogP contribution in [0.2, 0.25) is 0 Å². The zero-order valence-corrected chi connectivity index (χ0v) is 13.9. The van der Waals surface area contributed by atoms with E-state index in [1.807, 2.05) is 6.08 Å². The third-order valence-corrected chi connectivity index (χ3v) is 7.43. The van der Waals surface area contributed by atoms with Crippen molar-refractivity contribution in [1.82, 2.24) is 0 Å². The maximum absolute atomic E-state index is 11.7. The van der Waals surface area contributed by atoms with Crippen molar-refractivity contribution in [2.24, 2.45) is 17.3 Å². The largest absolute Gasteiger partial charge is 0.388 e. The molecule has 1 N–H and O–H groups in total. The number of ketones is 1. The molecule has 0 aromatic carbocycles. The topological polar surface area (TPSA) is 61.1 Å². The average molecular weight is 311 g/mol. The van der Waals surface area contributed by atoms with Crippen LogP contribution in [0.4, 0.5) is 0 Å². The molecule has 23 heavy (non-hydrogen) atoms. The molecular weight excluding hydrogens is 286 g/mol. The highest BCUT2D eigenvalue weighted by molar-refractivity contribution is 5.93. The van der Waals surface area contributed by atoms with Gasteiger partial charge in [-0.15, -0.1) is 0 Å². The fraction of sp³-hybridized carbons (Fsp3) is 0.700. The van der Waals surface area contributed by atoms with Crippen molar-refractivity contribution in [2.75, 3.05) is 0 Å². The average Bonchev–Trinajstić information content (AvgIpc) is 2.79. The molecule has 0 spiro atoms. The molecule has 2 saturated carbocycles. The van der Waals surface area contributed by atoms with Crippen molar-refractivity contribution in [2.45, 2.75) is 70.3 Å². The summed E-state index contributed by atoms with van der Waals surface area (Å²) in [7, 11) is 0. The molecule has 0 radical (unpaired) electrons. The number of carbonyl (C=O) groups excluding carboxylic acids is 1. The molecule has 0 aromatic heterocycles. The lowest BCUT2D eigenvalue weighted by molar-refractivity contribution is -0.114. The molecule has 122 valence electrons. The Balaban J connectivity index is 1.72. The van der Waals surface area contributed by atoms with Crippen LogP contribution in [0.3, 0.4) is 0 Å². The molecule has 0 saturated heterocycles. The summed E-state index contributed by atoms with van der Waals surface area (Å²) in [6.45, 7) is 2.22. The fourth-order valence-corrected chi connectivity index (χ4v) is 6.06. The Hall–Kier alpha value is -1.40. The van der Waals surface area contributed by atoms with E-state index in [4.69, 9.17) is 5.26 Å². The molecule has 0 aliphatic heterocycles. The van der Waals surface area contributed by atoms with Gasteiger partial charge in [0.25, 0.3) is 0 Å². The van der Waals surface area contributed by atoms with Crippen LogP contribution in [0.25, 0.3) is 0 Å². The van der Waals surface area contributed by atoms with Crippen molar-refractivity contribution < 1.29 is 9.90 Å². The first-order valence-electron chi connectivity index (χ1n) is 9.03. The highest BCUT2D eigenvalue weighted by atomic mass is 16.3. The maximum atomic E-state index is 11.7. The first-order chi connectivity index (χ1) is 11.0. The lowest BCUT2D eigenvalue weighted by Gasteiger charge is -2.51. The van der Waals surface area contributed by atoms with Crippen LogP contribution in [-0.2, 0) is 4.79 Å². The SMILES string of the molecule is C[C@]12CCC3=C4CCC(=O)C=C4CC[C@@H]3[C@H]1CC[C@@]2(O)CC#N. The van der Waals surface area contributed by atoms with Crippen LogP contribution in [0, 0.1) is 28.6 Å². The Labute approximate surface area is 138 Å². The van der Waals surface area contributed by atoms with E-state index in [1.54, 1.807) is 5.57 Å². The van der Waals surface area contributed by atoms with Crippen LogP contribution >= 0.6 is 0 Å². The molecular formula is C20H25NO2. The highest BCUT2D eigenvalue weighted by Crippen LogP contribution is 2.64. The molecule has 0 unspecified atom stereocenters.